The average molecular weight is 591 g/mol. The summed E-state index contributed by atoms with van der Waals surface area (Å²) in [5, 5.41) is 5.12. The van der Waals surface area contributed by atoms with Gasteiger partial charge < -0.3 is 9.13 Å². The van der Waals surface area contributed by atoms with Gasteiger partial charge in [0.2, 0.25) is 0 Å². The first-order chi connectivity index (χ1) is 22.4. The fraction of sp³-hybridized carbons (Fsp3) is 0. The van der Waals surface area contributed by atoms with Crippen LogP contribution in [0.15, 0.2) is 168 Å². The van der Waals surface area contributed by atoms with Crippen LogP contribution in [0.2, 0.25) is 0 Å². The fourth-order valence-electron chi connectivity index (χ4n) is 7.54. The Hall–Kier alpha value is -5.51. The summed E-state index contributed by atoms with van der Waals surface area (Å²) in [6, 6.07) is 57.5. The first-order valence-electron chi connectivity index (χ1n) is 15.4. The Labute approximate surface area is 264 Å². The summed E-state index contributed by atoms with van der Waals surface area (Å²) in [5.74, 6) is 0. The maximum Gasteiger partial charge on any atom is 0.0804 e. The molecule has 0 aliphatic heterocycles. The number of hydrogen-bond acceptors (Lipinski definition) is 1. The maximum absolute atomic E-state index is 2.53. The number of hydrogen-bond donors (Lipinski definition) is 0. The molecule has 0 fully saturated rings. The molecular formula is C42H26N2S. The lowest BCUT2D eigenvalue weighted by atomic mass is 10.0. The van der Waals surface area contributed by atoms with Gasteiger partial charge in [0.25, 0.3) is 0 Å². The topological polar surface area (TPSA) is 9.86 Å². The van der Waals surface area contributed by atoms with Crippen molar-refractivity contribution in [2.24, 2.45) is 0 Å². The van der Waals surface area contributed by atoms with Crippen LogP contribution in [0.25, 0.3) is 77.2 Å². The van der Waals surface area contributed by atoms with Crippen LogP contribution in [0.1, 0.15) is 0 Å². The minimum absolute atomic E-state index is 1.17. The van der Waals surface area contributed by atoms with Crippen molar-refractivity contribution in [3.63, 3.8) is 0 Å². The molecule has 0 spiro atoms. The minimum Gasteiger partial charge on any atom is -0.307 e. The summed E-state index contributed by atoms with van der Waals surface area (Å²) >= 11 is 1.85. The standard InChI is InChI=1S/C42H26N2S/c1-3-15-28(16-4-1)43-34-23-9-7-19-30(34)42-41(43)31-20-8-10-24-35(31)44(42)36-25-26-37(45-29-17-5-2-6-18-29)40-33-22-12-14-27-13-11-21-32(38(27)33)39(36)40/h1-26H. The molecule has 1 aliphatic rings. The quantitative estimate of drug-likeness (QED) is 0.198. The van der Waals surface area contributed by atoms with Crippen LogP contribution in [0.4, 0.5) is 0 Å². The van der Waals surface area contributed by atoms with Crippen molar-refractivity contribution in [2.45, 2.75) is 9.79 Å². The maximum atomic E-state index is 2.53. The summed E-state index contributed by atoms with van der Waals surface area (Å²) in [6.07, 6.45) is 0. The molecule has 9 aromatic rings. The molecule has 2 aromatic heterocycles. The van der Waals surface area contributed by atoms with Crippen LogP contribution in [0, 0.1) is 0 Å². The molecule has 0 unspecified atom stereocenters. The lowest BCUT2D eigenvalue weighted by Gasteiger charge is -2.17. The van der Waals surface area contributed by atoms with Crippen LogP contribution in [0.3, 0.4) is 0 Å². The molecule has 0 bridgehead atoms. The Kier molecular flexibility index (Phi) is 5.25. The molecule has 7 aromatic carbocycles. The Morgan fingerprint density at radius 2 is 1.00 bits per heavy atom. The summed E-state index contributed by atoms with van der Waals surface area (Å²) < 4.78 is 4.98. The second-order valence-electron chi connectivity index (χ2n) is 11.7. The summed E-state index contributed by atoms with van der Waals surface area (Å²) in [4.78, 5) is 2.53. The molecule has 2 heterocycles. The van der Waals surface area contributed by atoms with E-state index in [-0.39, 0.29) is 0 Å². The monoisotopic (exact) mass is 590 g/mol. The smallest absolute Gasteiger partial charge is 0.0804 e. The molecule has 0 radical (unpaired) electrons. The highest BCUT2D eigenvalue weighted by atomic mass is 32.2. The number of fused-ring (bicyclic) bond motifs is 8. The molecule has 10 rings (SSSR count). The molecule has 0 N–H and O–H groups in total. The van der Waals surface area contributed by atoms with E-state index in [1.165, 1.54) is 87.0 Å². The molecule has 45 heavy (non-hydrogen) atoms. The van der Waals surface area contributed by atoms with E-state index >= 15 is 0 Å². The zero-order chi connectivity index (χ0) is 29.5. The lowest BCUT2D eigenvalue weighted by Crippen LogP contribution is -1.98. The molecule has 1 aliphatic carbocycles. The zero-order valence-electron chi connectivity index (χ0n) is 24.3. The summed E-state index contributed by atoms with van der Waals surface area (Å²) in [5.41, 5.74) is 12.6. The van der Waals surface area contributed by atoms with E-state index in [9.17, 15) is 0 Å². The van der Waals surface area contributed by atoms with Gasteiger partial charge in [-0.05, 0) is 70.4 Å². The summed E-state index contributed by atoms with van der Waals surface area (Å²) in [6.45, 7) is 0. The highest BCUT2D eigenvalue weighted by Gasteiger charge is 2.30. The van der Waals surface area contributed by atoms with Gasteiger partial charge in [-0.15, -0.1) is 0 Å². The largest absolute Gasteiger partial charge is 0.307 e. The number of aromatic nitrogens is 2. The Bertz CT molecular complexity index is 2600. The first kappa shape index (κ1) is 24.9. The van der Waals surface area contributed by atoms with Gasteiger partial charge in [-0.25, -0.2) is 0 Å². The van der Waals surface area contributed by atoms with Gasteiger partial charge in [0.15, 0.2) is 0 Å². The van der Waals surface area contributed by atoms with E-state index in [1.54, 1.807) is 0 Å². The predicted molar refractivity (Wildman–Crippen MR) is 190 cm³/mol. The SMILES string of the molecule is c1ccc(Sc2ccc(-n3c4ccccc4c4c3c3ccccc3n4-c3ccccc3)c3c2-c2cccc4cccc-3c24)cc1. The summed E-state index contributed by atoms with van der Waals surface area (Å²) in [7, 11) is 0. The van der Waals surface area contributed by atoms with Gasteiger partial charge in [-0.1, -0.05) is 121 Å². The minimum atomic E-state index is 1.17. The molecule has 0 atom stereocenters. The Morgan fingerprint density at radius 3 is 1.71 bits per heavy atom. The number of para-hydroxylation sites is 3. The highest BCUT2D eigenvalue weighted by Crippen LogP contribution is 2.55. The van der Waals surface area contributed by atoms with Crippen molar-refractivity contribution in [3.05, 3.63) is 158 Å². The molecule has 0 saturated heterocycles. The van der Waals surface area contributed by atoms with Gasteiger partial charge >= 0.3 is 0 Å². The number of benzene rings is 7. The van der Waals surface area contributed by atoms with Crippen molar-refractivity contribution in [2.75, 3.05) is 0 Å². The predicted octanol–water partition coefficient (Wildman–Crippen LogP) is 11.7. The number of nitrogens with zero attached hydrogens (tertiary/aromatic N) is 2. The third-order valence-corrected chi connectivity index (χ3v) is 10.4. The molecule has 2 nitrogen and oxygen atoms in total. The fourth-order valence-corrected chi connectivity index (χ4v) is 8.54. The first-order valence-corrected chi connectivity index (χ1v) is 16.2. The van der Waals surface area contributed by atoms with Crippen molar-refractivity contribution < 1.29 is 0 Å². The van der Waals surface area contributed by atoms with Crippen molar-refractivity contribution in [1.29, 1.82) is 0 Å². The van der Waals surface area contributed by atoms with Gasteiger partial charge in [0.1, 0.15) is 0 Å². The molecule has 0 amide bonds. The van der Waals surface area contributed by atoms with Gasteiger partial charge in [0, 0.05) is 37.4 Å². The second-order valence-corrected chi connectivity index (χ2v) is 12.8. The third-order valence-electron chi connectivity index (χ3n) is 9.29. The van der Waals surface area contributed by atoms with Gasteiger partial charge in [-0.3, -0.25) is 0 Å². The zero-order valence-corrected chi connectivity index (χ0v) is 25.1. The van der Waals surface area contributed by atoms with E-state index in [4.69, 9.17) is 0 Å². The van der Waals surface area contributed by atoms with E-state index in [0.717, 1.165) is 0 Å². The number of rotatable bonds is 4. The normalized spacial score (nSPS) is 12.1. The van der Waals surface area contributed by atoms with Gasteiger partial charge in [-0.2, -0.15) is 0 Å². The van der Waals surface area contributed by atoms with Crippen LogP contribution >= 0.6 is 11.8 Å². The molecule has 3 heteroatoms. The third kappa shape index (κ3) is 3.47. The average Bonchev–Trinajstić information content (AvgIpc) is 3.74. The van der Waals surface area contributed by atoms with E-state index in [0.29, 0.717) is 0 Å². The molecular weight excluding hydrogens is 565 g/mol. The second kappa shape index (κ2) is 9.49. The van der Waals surface area contributed by atoms with Crippen LogP contribution < -0.4 is 0 Å². The highest BCUT2D eigenvalue weighted by molar-refractivity contribution is 7.99. The van der Waals surface area contributed by atoms with Crippen LogP contribution in [0.5, 0.6) is 0 Å². The van der Waals surface area contributed by atoms with E-state index in [1.807, 2.05) is 11.8 Å². The lowest BCUT2D eigenvalue weighted by molar-refractivity contribution is 1.17. The van der Waals surface area contributed by atoms with Gasteiger partial charge in [0.05, 0.1) is 27.8 Å². The van der Waals surface area contributed by atoms with Crippen molar-refractivity contribution >= 4 is 55.4 Å². The van der Waals surface area contributed by atoms with Crippen molar-refractivity contribution in [3.8, 4) is 33.6 Å². The van der Waals surface area contributed by atoms with Crippen LogP contribution in [-0.2, 0) is 0 Å². The van der Waals surface area contributed by atoms with Crippen LogP contribution in [-0.4, -0.2) is 9.13 Å². The Balaban J connectivity index is 1.37. The van der Waals surface area contributed by atoms with E-state index in [2.05, 4.69) is 167 Å². The Morgan fingerprint density at radius 1 is 0.422 bits per heavy atom. The van der Waals surface area contributed by atoms with Crippen molar-refractivity contribution in [1.82, 2.24) is 9.13 Å². The van der Waals surface area contributed by atoms with E-state index < -0.39 is 0 Å². The molecule has 0 saturated carbocycles. The molecule has 210 valence electrons.